The summed E-state index contributed by atoms with van der Waals surface area (Å²) >= 11 is 0. The van der Waals surface area contributed by atoms with E-state index in [1.165, 1.54) is 12.1 Å². The maximum atomic E-state index is 12.0. The molecule has 0 heterocycles. The lowest BCUT2D eigenvalue weighted by Crippen LogP contribution is -2.36. The first-order valence-electron chi connectivity index (χ1n) is 8.06. The second-order valence-corrected chi connectivity index (χ2v) is 5.85. The van der Waals surface area contributed by atoms with Gasteiger partial charge in [-0.25, -0.2) is 4.79 Å². The number of carbonyl (C=O) groups is 2. The molecule has 0 amide bonds. The topological polar surface area (TPSA) is 119 Å². The molecule has 0 aromatic heterocycles. The third-order valence-electron chi connectivity index (χ3n) is 3.58. The van der Waals surface area contributed by atoms with Gasteiger partial charge in [-0.1, -0.05) is 24.3 Å². The largest absolute Gasteiger partial charge is 0.504 e. The second-order valence-electron chi connectivity index (χ2n) is 5.85. The minimum Gasteiger partial charge on any atom is -0.504 e. The van der Waals surface area contributed by atoms with Crippen LogP contribution >= 0.6 is 12.4 Å². The standard InChI is InChI=1S/C19H21NO6.ClH/c1-12(26-18(23)14-5-3-2-4-6-14)11-25-19(24)15(20)9-13-7-8-16(21)17(22)10-13;/h2-8,10,12,15,21-22H,9,11,20H2,1H3;1H/t12-,15+;/m1./s1. The fourth-order valence-electron chi connectivity index (χ4n) is 2.20. The Bertz CT molecular complexity index is 768. The van der Waals surface area contributed by atoms with E-state index in [-0.39, 0.29) is 36.9 Å². The lowest BCUT2D eigenvalue weighted by Gasteiger charge is -2.16. The van der Waals surface area contributed by atoms with Crippen molar-refractivity contribution >= 4 is 24.3 Å². The van der Waals surface area contributed by atoms with Crippen molar-refractivity contribution in [2.45, 2.75) is 25.5 Å². The third-order valence-corrected chi connectivity index (χ3v) is 3.58. The quantitative estimate of drug-likeness (QED) is 0.485. The Morgan fingerprint density at radius 3 is 2.37 bits per heavy atom. The van der Waals surface area contributed by atoms with Crippen molar-refractivity contribution in [3.8, 4) is 11.5 Å². The number of hydrogen-bond acceptors (Lipinski definition) is 7. The number of rotatable bonds is 7. The number of benzene rings is 2. The zero-order chi connectivity index (χ0) is 19.1. The van der Waals surface area contributed by atoms with E-state index < -0.39 is 24.1 Å². The Kier molecular flexibility index (Phi) is 8.58. The molecule has 27 heavy (non-hydrogen) atoms. The zero-order valence-corrected chi connectivity index (χ0v) is 15.5. The molecule has 2 aromatic rings. The summed E-state index contributed by atoms with van der Waals surface area (Å²) in [6.07, 6.45) is -0.498. The van der Waals surface area contributed by atoms with Crippen LogP contribution in [-0.2, 0) is 20.7 Å². The first kappa shape index (κ1) is 22.3. The van der Waals surface area contributed by atoms with Crippen LogP contribution in [0, 0.1) is 0 Å². The van der Waals surface area contributed by atoms with Gasteiger partial charge in [-0.2, -0.15) is 0 Å². The fraction of sp³-hybridized carbons (Fsp3) is 0.263. The van der Waals surface area contributed by atoms with Crippen molar-refractivity contribution in [2.75, 3.05) is 6.61 Å². The van der Waals surface area contributed by atoms with E-state index in [1.807, 2.05) is 0 Å². The van der Waals surface area contributed by atoms with Crippen LogP contribution < -0.4 is 5.73 Å². The predicted molar refractivity (Wildman–Crippen MR) is 101 cm³/mol. The molecule has 2 rings (SSSR count). The second kappa shape index (κ2) is 10.4. The van der Waals surface area contributed by atoms with Crippen molar-refractivity contribution in [2.24, 2.45) is 5.73 Å². The first-order valence-corrected chi connectivity index (χ1v) is 8.06. The minimum atomic E-state index is -0.948. The van der Waals surface area contributed by atoms with Crippen LogP contribution in [0.25, 0.3) is 0 Å². The van der Waals surface area contributed by atoms with Crippen molar-refractivity contribution in [1.82, 2.24) is 0 Å². The molecule has 0 aliphatic carbocycles. The van der Waals surface area contributed by atoms with Gasteiger partial charge in [0.2, 0.25) is 0 Å². The molecule has 0 radical (unpaired) electrons. The van der Waals surface area contributed by atoms with Gasteiger partial charge in [0.1, 0.15) is 18.8 Å². The highest BCUT2D eigenvalue weighted by atomic mass is 35.5. The average Bonchev–Trinajstić information content (AvgIpc) is 2.63. The zero-order valence-electron chi connectivity index (χ0n) is 14.7. The van der Waals surface area contributed by atoms with Gasteiger partial charge < -0.3 is 25.4 Å². The van der Waals surface area contributed by atoms with E-state index in [0.717, 1.165) is 0 Å². The summed E-state index contributed by atoms with van der Waals surface area (Å²) in [4.78, 5) is 23.9. The maximum Gasteiger partial charge on any atom is 0.338 e. The molecule has 2 atom stereocenters. The van der Waals surface area contributed by atoms with Gasteiger partial charge in [0, 0.05) is 0 Å². The van der Waals surface area contributed by atoms with Gasteiger partial charge in [-0.15, -0.1) is 12.4 Å². The highest BCUT2D eigenvalue weighted by Crippen LogP contribution is 2.25. The van der Waals surface area contributed by atoms with Crippen molar-refractivity contribution in [1.29, 1.82) is 0 Å². The lowest BCUT2D eigenvalue weighted by atomic mass is 10.1. The average molecular weight is 396 g/mol. The monoisotopic (exact) mass is 395 g/mol. The summed E-state index contributed by atoms with van der Waals surface area (Å²) in [6.45, 7) is 1.49. The van der Waals surface area contributed by atoms with E-state index in [0.29, 0.717) is 11.1 Å². The lowest BCUT2D eigenvalue weighted by molar-refractivity contribution is -0.148. The normalized spacial score (nSPS) is 12.4. The molecular weight excluding hydrogens is 374 g/mol. The van der Waals surface area contributed by atoms with E-state index in [9.17, 15) is 19.8 Å². The highest BCUT2D eigenvalue weighted by Gasteiger charge is 2.19. The fourth-order valence-corrected chi connectivity index (χ4v) is 2.20. The first-order chi connectivity index (χ1) is 12.4. The number of carbonyl (C=O) groups excluding carboxylic acids is 2. The molecule has 0 spiro atoms. The van der Waals surface area contributed by atoms with E-state index >= 15 is 0 Å². The van der Waals surface area contributed by atoms with Crippen molar-refractivity contribution in [3.05, 3.63) is 59.7 Å². The number of ether oxygens (including phenoxy) is 2. The van der Waals surface area contributed by atoms with Gasteiger partial charge in [-0.05, 0) is 43.2 Å². The summed E-state index contributed by atoms with van der Waals surface area (Å²) in [6, 6.07) is 11.7. The van der Waals surface area contributed by atoms with E-state index in [2.05, 4.69) is 0 Å². The molecule has 0 aliphatic rings. The Morgan fingerprint density at radius 2 is 1.74 bits per heavy atom. The van der Waals surface area contributed by atoms with Crippen LogP contribution in [-0.4, -0.2) is 40.9 Å². The maximum absolute atomic E-state index is 12.0. The molecule has 0 saturated heterocycles. The van der Waals surface area contributed by atoms with Crippen LogP contribution in [0.5, 0.6) is 11.5 Å². The van der Waals surface area contributed by atoms with Gasteiger partial charge in [0.15, 0.2) is 11.5 Å². The number of phenols is 2. The summed E-state index contributed by atoms with van der Waals surface area (Å²) in [7, 11) is 0. The molecule has 0 unspecified atom stereocenters. The molecule has 0 aliphatic heterocycles. The molecule has 8 heteroatoms. The number of aromatic hydroxyl groups is 2. The Balaban J connectivity index is 0.00000364. The summed E-state index contributed by atoms with van der Waals surface area (Å²) in [5.41, 5.74) is 6.78. The highest BCUT2D eigenvalue weighted by molar-refractivity contribution is 5.89. The molecule has 0 saturated carbocycles. The summed E-state index contributed by atoms with van der Waals surface area (Å²) in [5.74, 6) is -1.69. The molecule has 0 fully saturated rings. The number of halogens is 1. The van der Waals surface area contributed by atoms with E-state index in [1.54, 1.807) is 43.3 Å². The van der Waals surface area contributed by atoms with Gasteiger partial charge in [-0.3, -0.25) is 4.79 Å². The molecule has 2 aromatic carbocycles. The predicted octanol–water partition coefficient (Wildman–Crippen LogP) is 2.18. The van der Waals surface area contributed by atoms with Crippen molar-refractivity contribution < 1.29 is 29.3 Å². The Morgan fingerprint density at radius 1 is 1.07 bits per heavy atom. The number of hydrogen-bond donors (Lipinski definition) is 3. The third kappa shape index (κ3) is 6.80. The molecule has 4 N–H and O–H groups in total. The van der Waals surface area contributed by atoms with Crippen LogP contribution in [0.3, 0.4) is 0 Å². The van der Waals surface area contributed by atoms with Crippen LogP contribution in [0.4, 0.5) is 0 Å². The van der Waals surface area contributed by atoms with E-state index in [4.69, 9.17) is 15.2 Å². The SMILES string of the molecule is C[C@H](COC(=O)[C@@H](N)Cc1ccc(O)c(O)c1)OC(=O)c1ccccc1.Cl. The van der Waals surface area contributed by atoms with Crippen LogP contribution in [0.2, 0.25) is 0 Å². The molecule has 146 valence electrons. The van der Waals surface area contributed by atoms with Gasteiger partial charge in [0.25, 0.3) is 0 Å². The smallest absolute Gasteiger partial charge is 0.338 e. The van der Waals surface area contributed by atoms with Crippen molar-refractivity contribution in [3.63, 3.8) is 0 Å². The summed E-state index contributed by atoms with van der Waals surface area (Å²) < 4.78 is 10.3. The summed E-state index contributed by atoms with van der Waals surface area (Å²) in [5, 5.41) is 18.7. The van der Waals surface area contributed by atoms with Gasteiger partial charge in [0.05, 0.1) is 5.56 Å². The van der Waals surface area contributed by atoms with Gasteiger partial charge >= 0.3 is 11.9 Å². The Hall–Kier alpha value is -2.77. The Labute approximate surface area is 163 Å². The molecule has 0 bridgehead atoms. The number of esters is 2. The molecule has 7 nitrogen and oxygen atoms in total. The number of phenolic OH excluding ortho intramolecular Hbond substituents is 2. The van der Waals surface area contributed by atoms with Crippen LogP contribution in [0.1, 0.15) is 22.8 Å². The molecular formula is C19H22ClNO6. The number of nitrogens with two attached hydrogens (primary N) is 1. The minimum absolute atomic E-state index is 0. The van der Waals surface area contributed by atoms with Crippen LogP contribution in [0.15, 0.2) is 48.5 Å².